The number of aryl methyl sites for hydroxylation is 1. The lowest BCUT2D eigenvalue weighted by Crippen LogP contribution is -2.22. The summed E-state index contributed by atoms with van der Waals surface area (Å²) in [5.41, 5.74) is 0.0599. The first kappa shape index (κ1) is 16.1. The topological polar surface area (TPSA) is 96.2 Å². The van der Waals surface area contributed by atoms with Crippen molar-refractivity contribution in [2.45, 2.75) is 51.2 Å². The molecule has 1 heterocycles. The van der Waals surface area contributed by atoms with Crippen LogP contribution in [0.15, 0.2) is 12.2 Å². The van der Waals surface area contributed by atoms with Gasteiger partial charge in [0.1, 0.15) is 6.10 Å². The van der Waals surface area contributed by atoms with E-state index in [2.05, 4.69) is 22.0 Å². The van der Waals surface area contributed by atoms with E-state index in [0.717, 1.165) is 25.7 Å². The molecule has 0 atom stereocenters. The number of aromatic nitrogens is 4. The Balaban J connectivity index is 1.70. The zero-order valence-corrected chi connectivity index (χ0v) is 12.7. The molecule has 0 radical (unpaired) electrons. The maximum Gasteiger partial charge on any atom is 0.334 e. The summed E-state index contributed by atoms with van der Waals surface area (Å²) in [4.78, 5) is 24.8. The Labute approximate surface area is 128 Å². The standard InChI is InChI=1S/C14H20N4O4/c1-10(8-13(19)22-11-6-4-3-5-7-11)14(20)21-9-12-15-17-18(2)16-12/h11H,1,3-9H2,2H3. The van der Waals surface area contributed by atoms with Crippen molar-refractivity contribution < 1.29 is 19.1 Å². The van der Waals surface area contributed by atoms with Gasteiger partial charge in [0.2, 0.25) is 5.82 Å². The van der Waals surface area contributed by atoms with E-state index >= 15 is 0 Å². The van der Waals surface area contributed by atoms with Crippen molar-refractivity contribution in [3.8, 4) is 0 Å². The van der Waals surface area contributed by atoms with Crippen LogP contribution in [-0.4, -0.2) is 38.2 Å². The highest BCUT2D eigenvalue weighted by Gasteiger charge is 2.20. The molecule has 0 spiro atoms. The van der Waals surface area contributed by atoms with Gasteiger partial charge < -0.3 is 9.47 Å². The number of rotatable bonds is 6. The third-order valence-electron chi connectivity index (χ3n) is 3.38. The van der Waals surface area contributed by atoms with Gasteiger partial charge in [-0.15, -0.1) is 10.2 Å². The first-order valence-electron chi connectivity index (χ1n) is 7.32. The molecular weight excluding hydrogens is 288 g/mol. The molecular formula is C14H20N4O4. The summed E-state index contributed by atoms with van der Waals surface area (Å²) in [6.07, 6.45) is 4.92. The van der Waals surface area contributed by atoms with Gasteiger partial charge in [-0.05, 0) is 30.9 Å². The molecule has 0 aromatic carbocycles. The second kappa shape index (κ2) is 7.67. The van der Waals surface area contributed by atoms with Crippen molar-refractivity contribution in [3.05, 3.63) is 18.0 Å². The Kier molecular flexibility index (Phi) is 5.62. The Morgan fingerprint density at radius 1 is 1.32 bits per heavy atom. The van der Waals surface area contributed by atoms with Gasteiger partial charge in [-0.25, -0.2) is 4.79 Å². The second-order valence-electron chi connectivity index (χ2n) is 5.30. The highest BCUT2D eigenvalue weighted by atomic mass is 16.5. The monoisotopic (exact) mass is 308 g/mol. The van der Waals surface area contributed by atoms with E-state index in [-0.39, 0.29) is 30.5 Å². The van der Waals surface area contributed by atoms with Crippen LogP contribution in [0.4, 0.5) is 0 Å². The Morgan fingerprint density at radius 3 is 2.68 bits per heavy atom. The minimum atomic E-state index is -0.659. The number of esters is 2. The molecule has 1 aromatic rings. The third-order valence-corrected chi connectivity index (χ3v) is 3.38. The van der Waals surface area contributed by atoms with Crippen LogP contribution in [-0.2, 0) is 32.7 Å². The van der Waals surface area contributed by atoms with Gasteiger partial charge in [-0.1, -0.05) is 13.0 Å². The van der Waals surface area contributed by atoms with E-state index in [9.17, 15) is 9.59 Å². The molecule has 120 valence electrons. The van der Waals surface area contributed by atoms with Crippen molar-refractivity contribution in [3.63, 3.8) is 0 Å². The van der Waals surface area contributed by atoms with Crippen molar-refractivity contribution >= 4 is 11.9 Å². The molecule has 0 amide bonds. The summed E-state index contributed by atoms with van der Waals surface area (Å²) < 4.78 is 10.3. The Hall–Kier alpha value is -2.25. The minimum Gasteiger partial charge on any atom is -0.462 e. The summed E-state index contributed by atoms with van der Waals surface area (Å²) in [6.45, 7) is 3.46. The van der Waals surface area contributed by atoms with Crippen molar-refractivity contribution in [2.24, 2.45) is 7.05 Å². The average molecular weight is 308 g/mol. The maximum atomic E-state index is 11.8. The van der Waals surface area contributed by atoms with Crippen LogP contribution < -0.4 is 0 Å². The van der Waals surface area contributed by atoms with Gasteiger partial charge in [0.25, 0.3) is 0 Å². The number of nitrogens with zero attached hydrogens (tertiary/aromatic N) is 4. The van der Waals surface area contributed by atoms with Gasteiger partial charge in [0.15, 0.2) is 6.61 Å². The maximum absolute atomic E-state index is 11.8. The molecule has 0 N–H and O–H groups in total. The molecule has 1 aliphatic rings. The molecule has 0 saturated heterocycles. The summed E-state index contributed by atoms with van der Waals surface area (Å²) in [5.74, 6) is -0.812. The number of hydrogen-bond donors (Lipinski definition) is 0. The normalized spacial score (nSPS) is 15.3. The fourth-order valence-corrected chi connectivity index (χ4v) is 2.27. The molecule has 0 aliphatic heterocycles. The van der Waals surface area contributed by atoms with Gasteiger partial charge in [-0.3, -0.25) is 4.79 Å². The molecule has 8 heteroatoms. The van der Waals surface area contributed by atoms with Crippen molar-refractivity contribution in [2.75, 3.05) is 0 Å². The van der Waals surface area contributed by atoms with Gasteiger partial charge in [0.05, 0.1) is 13.5 Å². The Bertz CT molecular complexity index is 549. The van der Waals surface area contributed by atoms with Crippen molar-refractivity contribution in [1.82, 2.24) is 20.2 Å². The van der Waals surface area contributed by atoms with E-state index in [4.69, 9.17) is 9.47 Å². The summed E-state index contributed by atoms with van der Waals surface area (Å²) in [6, 6.07) is 0. The van der Waals surface area contributed by atoms with E-state index in [1.165, 1.54) is 11.2 Å². The van der Waals surface area contributed by atoms with Crippen LogP contribution in [0.5, 0.6) is 0 Å². The highest BCUT2D eigenvalue weighted by molar-refractivity contribution is 5.93. The lowest BCUT2D eigenvalue weighted by molar-refractivity contribution is -0.151. The molecule has 8 nitrogen and oxygen atoms in total. The predicted molar refractivity (Wildman–Crippen MR) is 75.3 cm³/mol. The van der Waals surface area contributed by atoms with Crippen LogP contribution in [0.1, 0.15) is 44.3 Å². The zero-order valence-electron chi connectivity index (χ0n) is 12.7. The van der Waals surface area contributed by atoms with E-state index < -0.39 is 11.9 Å². The average Bonchev–Trinajstić information content (AvgIpc) is 2.91. The quantitative estimate of drug-likeness (QED) is 0.573. The first-order chi connectivity index (χ1) is 10.5. The van der Waals surface area contributed by atoms with Crippen molar-refractivity contribution in [1.29, 1.82) is 0 Å². The molecule has 0 bridgehead atoms. The van der Waals surface area contributed by atoms with E-state index in [0.29, 0.717) is 0 Å². The van der Waals surface area contributed by atoms with Gasteiger partial charge in [-0.2, -0.15) is 4.80 Å². The van der Waals surface area contributed by atoms with Crippen LogP contribution >= 0.6 is 0 Å². The number of carbonyl (C=O) groups excluding carboxylic acids is 2. The summed E-state index contributed by atoms with van der Waals surface area (Å²) >= 11 is 0. The zero-order chi connectivity index (χ0) is 15.9. The smallest absolute Gasteiger partial charge is 0.334 e. The largest absolute Gasteiger partial charge is 0.462 e. The number of ether oxygens (including phenoxy) is 2. The van der Waals surface area contributed by atoms with Gasteiger partial charge >= 0.3 is 11.9 Å². The van der Waals surface area contributed by atoms with Crippen LogP contribution in [0.3, 0.4) is 0 Å². The highest BCUT2D eigenvalue weighted by Crippen LogP contribution is 2.21. The number of hydrogen-bond acceptors (Lipinski definition) is 7. The van der Waals surface area contributed by atoms with E-state index in [1.807, 2.05) is 0 Å². The van der Waals surface area contributed by atoms with E-state index in [1.54, 1.807) is 7.05 Å². The predicted octanol–water partition coefficient (Wildman–Crippen LogP) is 1.08. The first-order valence-corrected chi connectivity index (χ1v) is 7.32. The fourth-order valence-electron chi connectivity index (χ4n) is 2.27. The third kappa shape index (κ3) is 4.94. The van der Waals surface area contributed by atoms with Gasteiger partial charge in [0, 0.05) is 5.57 Å². The summed E-state index contributed by atoms with van der Waals surface area (Å²) in [5, 5.41) is 11.2. The SMILES string of the molecule is C=C(CC(=O)OC1CCCCC1)C(=O)OCc1nnn(C)n1. The molecule has 1 saturated carbocycles. The second-order valence-corrected chi connectivity index (χ2v) is 5.30. The molecule has 2 rings (SSSR count). The lowest BCUT2D eigenvalue weighted by atomic mass is 9.98. The van der Waals surface area contributed by atoms with Crippen LogP contribution in [0, 0.1) is 0 Å². The molecule has 0 unspecified atom stereocenters. The number of carbonyl (C=O) groups is 2. The molecule has 22 heavy (non-hydrogen) atoms. The molecule has 1 aromatic heterocycles. The summed E-state index contributed by atoms with van der Waals surface area (Å²) in [7, 11) is 1.61. The lowest BCUT2D eigenvalue weighted by Gasteiger charge is -2.21. The molecule has 1 aliphatic carbocycles. The van der Waals surface area contributed by atoms with Crippen LogP contribution in [0.25, 0.3) is 0 Å². The minimum absolute atomic E-state index is 0.0335. The number of tetrazole rings is 1. The van der Waals surface area contributed by atoms with Crippen LogP contribution in [0.2, 0.25) is 0 Å². The fraction of sp³-hybridized carbons (Fsp3) is 0.643. The Morgan fingerprint density at radius 2 is 2.05 bits per heavy atom. The molecule has 1 fully saturated rings.